The first-order valence-electron chi connectivity index (χ1n) is 9.33. The molecule has 2 aliphatic heterocycles. The minimum Gasteiger partial charge on any atom is -0.482 e. The summed E-state index contributed by atoms with van der Waals surface area (Å²) in [6.45, 7) is 0.881. The van der Waals surface area contributed by atoms with Crippen LogP contribution in [0.5, 0.6) is 17.2 Å². The van der Waals surface area contributed by atoms with E-state index in [1.807, 2.05) is 30.3 Å². The fourth-order valence-corrected chi connectivity index (χ4v) is 3.20. The molecule has 30 heavy (non-hydrogen) atoms. The van der Waals surface area contributed by atoms with Gasteiger partial charge in [-0.15, -0.1) is 0 Å². The number of hydrogen-bond acceptors (Lipinski definition) is 6. The average molecular weight is 428 g/mol. The summed E-state index contributed by atoms with van der Waals surface area (Å²) in [6.07, 6.45) is 0.109. The topological polar surface area (TPSA) is 101 Å². The van der Waals surface area contributed by atoms with E-state index in [1.54, 1.807) is 17.0 Å². The van der Waals surface area contributed by atoms with Crippen molar-refractivity contribution in [2.24, 2.45) is 0 Å². The number of thiocarbonyl (C=S) groups is 1. The van der Waals surface area contributed by atoms with Crippen molar-refractivity contribution in [3.8, 4) is 17.2 Å². The van der Waals surface area contributed by atoms with E-state index in [-0.39, 0.29) is 43.3 Å². The lowest BCUT2D eigenvalue weighted by Crippen LogP contribution is -2.48. The number of amides is 2. The van der Waals surface area contributed by atoms with Gasteiger partial charge < -0.3 is 24.4 Å². The summed E-state index contributed by atoms with van der Waals surface area (Å²) < 4.78 is 16.0. The molecular weight excluding hydrogens is 408 g/mol. The number of nitrogens with one attached hydrogen (secondary N) is 3. The maximum atomic E-state index is 12.2. The van der Waals surface area contributed by atoms with E-state index < -0.39 is 0 Å². The van der Waals surface area contributed by atoms with Gasteiger partial charge in [-0.3, -0.25) is 20.4 Å². The summed E-state index contributed by atoms with van der Waals surface area (Å²) >= 11 is 5.18. The molecule has 0 aliphatic carbocycles. The van der Waals surface area contributed by atoms with Gasteiger partial charge in [-0.05, 0) is 42.0 Å². The summed E-state index contributed by atoms with van der Waals surface area (Å²) in [7, 11) is 0. The Morgan fingerprint density at radius 1 is 1.03 bits per heavy atom. The maximum Gasteiger partial charge on any atom is 0.265 e. The highest BCUT2D eigenvalue weighted by atomic mass is 32.1. The molecule has 0 atom stereocenters. The number of hydrazine groups is 1. The third-order valence-corrected chi connectivity index (χ3v) is 4.82. The van der Waals surface area contributed by atoms with Crippen molar-refractivity contribution in [3.05, 3.63) is 48.0 Å². The molecule has 0 bridgehead atoms. The summed E-state index contributed by atoms with van der Waals surface area (Å²) in [4.78, 5) is 25.8. The highest BCUT2D eigenvalue weighted by Crippen LogP contribution is 2.32. The molecule has 10 heteroatoms. The quantitative estimate of drug-likeness (QED) is 0.483. The normalized spacial score (nSPS) is 13.9. The molecule has 4 rings (SSSR count). The lowest BCUT2D eigenvalue weighted by Gasteiger charge is -2.29. The summed E-state index contributed by atoms with van der Waals surface area (Å²) in [5, 5.41) is 3.27. The Balaban J connectivity index is 1.20. The van der Waals surface area contributed by atoms with Gasteiger partial charge in [0.2, 0.25) is 12.7 Å². The molecule has 0 saturated carbocycles. The summed E-state index contributed by atoms with van der Waals surface area (Å²) in [6, 6.07) is 12.8. The van der Waals surface area contributed by atoms with Gasteiger partial charge in [0.05, 0.1) is 5.69 Å². The molecule has 0 radical (unpaired) electrons. The maximum absolute atomic E-state index is 12.2. The van der Waals surface area contributed by atoms with Crippen molar-refractivity contribution in [1.82, 2.24) is 16.2 Å². The number of rotatable bonds is 5. The van der Waals surface area contributed by atoms with Crippen molar-refractivity contribution in [3.63, 3.8) is 0 Å². The number of benzene rings is 2. The molecule has 0 saturated heterocycles. The number of para-hydroxylation sites is 2. The molecule has 2 heterocycles. The van der Waals surface area contributed by atoms with Crippen LogP contribution in [0, 0.1) is 0 Å². The van der Waals surface area contributed by atoms with Gasteiger partial charge in [-0.2, -0.15) is 0 Å². The fraction of sp³-hybridized carbons (Fsp3) is 0.250. The zero-order chi connectivity index (χ0) is 20.9. The third-order valence-electron chi connectivity index (χ3n) is 4.58. The predicted octanol–water partition coefficient (Wildman–Crippen LogP) is 1.23. The molecule has 0 aromatic heterocycles. The molecule has 2 aromatic rings. The van der Waals surface area contributed by atoms with Crippen molar-refractivity contribution >= 4 is 34.8 Å². The molecule has 0 unspecified atom stereocenters. The van der Waals surface area contributed by atoms with Gasteiger partial charge in [0.15, 0.2) is 23.2 Å². The Hall–Kier alpha value is -3.53. The largest absolute Gasteiger partial charge is 0.482 e. The second kappa shape index (κ2) is 8.87. The molecule has 0 fully saturated rings. The van der Waals surface area contributed by atoms with Crippen molar-refractivity contribution in [1.29, 1.82) is 0 Å². The highest BCUT2D eigenvalue weighted by Gasteiger charge is 2.25. The van der Waals surface area contributed by atoms with E-state index in [0.29, 0.717) is 29.5 Å². The SMILES string of the molecule is O=C(CCN1C(=O)COc2ccccc21)NNC(=S)NCc1ccc2c(c1)OCO2. The number of carbonyl (C=O) groups is 2. The second-order valence-electron chi connectivity index (χ2n) is 6.60. The molecule has 156 valence electrons. The molecular formula is C20H20N4O5S. The van der Waals surface area contributed by atoms with E-state index in [1.165, 1.54) is 0 Å². The molecule has 2 aliphatic rings. The van der Waals surface area contributed by atoms with Crippen LogP contribution < -0.4 is 35.3 Å². The Morgan fingerprint density at radius 2 is 1.87 bits per heavy atom. The van der Waals surface area contributed by atoms with Gasteiger partial charge in [0, 0.05) is 19.5 Å². The van der Waals surface area contributed by atoms with Crippen molar-refractivity contribution in [2.45, 2.75) is 13.0 Å². The third kappa shape index (κ3) is 4.54. The van der Waals surface area contributed by atoms with E-state index in [2.05, 4.69) is 16.2 Å². The van der Waals surface area contributed by atoms with Crippen molar-refractivity contribution < 1.29 is 23.8 Å². The lowest BCUT2D eigenvalue weighted by molar-refractivity contribution is -0.122. The molecule has 2 aromatic carbocycles. The highest BCUT2D eigenvalue weighted by molar-refractivity contribution is 7.80. The van der Waals surface area contributed by atoms with Crippen LogP contribution in [0.4, 0.5) is 5.69 Å². The second-order valence-corrected chi connectivity index (χ2v) is 7.00. The number of nitrogens with zero attached hydrogens (tertiary/aromatic N) is 1. The standard InChI is InChI=1S/C20H20N4O5S/c25-18(7-8-24-14-3-1-2-4-15(14)27-11-19(24)26)22-23-20(30)21-10-13-5-6-16-17(9-13)29-12-28-16/h1-6,9H,7-8,10-12H2,(H,22,25)(H2,21,23,30). The van der Waals surface area contributed by atoms with Crippen LogP contribution in [0.2, 0.25) is 0 Å². The average Bonchev–Trinajstić information content (AvgIpc) is 3.23. The molecule has 2 amide bonds. The molecule has 0 spiro atoms. The molecule has 9 nitrogen and oxygen atoms in total. The van der Waals surface area contributed by atoms with Crippen LogP contribution in [0.3, 0.4) is 0 Å². The summed E-state index contributed by atoms with van der Waals surface area (Å²) in [5.41, 5.74) is 6.81. The van der Waals surface area contributed by atoms with Crippen LogP contribution in [-0.2, 0) is 16.1 Å². The first kappa shape index (κ1) is 19.8. The number of anilines is 1. The van der Waals surface area contributed by atoms with Gasteiger partial charge in [0.25, 0.3) is 5.91 Å². The van der Waals surface area contributed by atoms with E-state index in [9.17, 15) is 9.59 Å². The van der Waals surface area contributed by atoms with Crippen LogP contribution in [0.15, 0.2) is 42.5 Å². The van der Waals surface area contributed by atoms with Gasteiger partial charge in [-0.25, -0.2) is 0 Å². The van der Waals surface area contributed by atoms with Gasteiger partial charge in [0.1, 0.15) is 5.75 Å². The monoisotopic (exact) mass is 428 g/mol. The van der Waals surface area contributed by atoms with Gasteiger partial charge in [-0.1, -0.05) is 18.2 Å². The zero-order valence-corrected chi connectivity index (χ0v) is 16.8. The number of hydrogen-bond donors (Lipinski definition) is 3. The smallest absolute Gasteiger partial charge is 0.265 e. The number of ether oxygens (including phenoxy) is 3. The lowest BCUT2D eigenvalue weighted by atomic mass is 10.2. The Bertz CT molecular complexity index is 983. The van der Waals surface area contributed by atoms with Crippen molar-refractivity contribution in [2.75, 3.05) is 24.8 Å². The predicted molar refractivity (Wildman–Crippen MR) is 112 cm³/mol. The first-order chi connectivity index (χ1) is 14.6. The van der Waals surface area contributed by atoms with E-state index >= 15 is 0 Å². The van der Waals surface area contributed by atoms with Crippen LogP contribution in [0.1, 0.15) is 12.0 Å². The Morgan fingerprint density at radius 3 is 2.77 bits per heavy atom. The molecule has 3 N–H and O–H groups in total. The van der Waals surface area contributed by atoms with Crippen LogP contribution >= 0.6 is 12.2 Å². The van der Waals surface area contributed by atoms with Gasteiger partial charge >= 0.3 is 0 Å². The Labute approximate surface area is 178 Å². The first-order valence-corrected chi connectivity index (χ1v) is 9.74. The van der Waals surface area contributed by atoms with Crippen LogP contribution in [-0.4, -0.2) is 36.9 Å². The number of carbonyl (C=O) groups excluding carboxylic acids is 2. The van der Waals surface area contributed by atoms with E-state index in [4.69, 9.17) is 26.4 Å². The Kier molecular flexibility index (Phi) is 5.84. The fourth-order valence-electron chi connectivity index (χ4n) is 3.08. The summed E-state index contributed by atoms with van der Waals surface area (Å²) in [5.74, 6) is 1.56. The van der Waals surface area contributed by atoms with Crippen LogP contribution in [0.25, 0.3) is 0 Å². The van der Waals surface area contributed by atoms with E-state index in [0.717, 1.165) is 5.56 Å². The zero-order valence-electron chi connectivity index (χ0n) is 16.0. The minimum absolute atomic E-state index is 0.0370. The number of fused-ring (bicyclic) bond motifs is 2. The minimum atomic E-state index is -0.293.